The van der Waals surface area contributed by atoms with Gasteiger partial charge in [-0.15, -0.1) is 0 Å². The van der Waals surface area contributed by atoms with Crippen molar-refractivity contribution >= 4 is 0 Å². The molecule has 2 N–H and O–H groups in total. The Morgan fingerprint density at radius 1 is 1.21 bits per heavy atom. The molecule has 19 heavy (non-hydrogen) atoms. The monoisotopic (exact) mass is 259 g/mol. The highest BCUT2D eigenvalue weighted by Gasteiger charge is 2.32. The van der Waals surface area contributed by atoms with Gasteiger partial charge in [0.2, 0.25) is 0 Å². The summed E-state index contributed by atoms with van der Waals surface area (Å²) in [4.78, 5) is 7.06. The first-order chi connectivity index (χ1) is 9.26. The second kappa shape index (κ2) is 5.59. The second-order valence-electron chi connectivity index (χ2n) is 6.33. The fourth-order valence-electron chi connectivity index (χ4n) is 2.77. The Hall–Kier alpha value is -0.930. The molecular formula is C16H25N3. The van der Waals surface area contributed by atoms with Crippen molar-refractivity contribution in [2.75, 3.05) is 19.6 Å². The number of hydrogen-bond acceptors (Lipinski definition) is 3. The molecule has 2 saturated carbocycles. The number of rotatable bonds is 7. The zero-order valence-corrected chi connectivity index (χ0v) is 11.9. The lowest BCUT2D eigenvalue weighted by molar-refractivity contribution is 0.184. The van der Waals surface area contributed by atoms with Crippen molar-refractivity contribution in [1.29, 1.82) is 0 Å². The predicted molar refractivity (Wildman–Crippen MR) is 77.8 cm³/mol. The molecule has 3 nitrogen and oxygen atoms in total. The number of aromatic nitrogens is 1. The molecule has 0 bridgehead atoms. The maximum absolute atomic E-state index is 6.07. The molecule has 0 spiro atoms. The van der Waals surface area contributed by atoms with Gasteiger partial charge in [-0.3, -0.25) is 9.88 Å². The lowest BCUT2D eigenvalue weighted by Crippen LogP contribution is -2.36. The second-order valence-corrected chi connectivity index (χ2v) is 6.33. The third-order valence-corrected chi connectivity index (χ3v) is 4.36. The first-order valence-electron chi connectivity index (χ1n) is 7.63. The zero-order valence-electron chi connectivity index (χ0n) is 11.9. The maximum atomic E-state index is 6.07. The van der Waals surface area contributed by atoms with Crippen molar-refractivity contribution in [1.82, 2.24) is 9.88 Å². The van der Waals surface area contributed by atoms with Crippen molar-refractivity contribution in [2.45, 2.75) is 38.6 Å². The van der Waals surface area contributed by atoms with Crippen LogP contribution in [0.5, 0.6) is 0 Å². The van der Waals surface area contributed by atoms with Crippen LogP contribution in [0, 0.1) is 18.8 Å². The zero-order chi connectivity index (χ0) is 13.2. The summed E-state index contributed by atoms with van der Waals surface area (Å²) in [5, 5.41) is 0. The normalized spacial score (nSPS) is 20.8. The van der Waals surface area contributed by atoms with Crippen molar-refractivity contribution in [3.63, 3.8) is 0 Å². The van der Waals surface area contributed by atoms with Gasteiger partial charge >= 0.3 is 0 Å². The van der Waals surface area contributed by atoms with Gasteiger partial charge in [0.1, 0.15) is 0 Å². The van der Waals surface area contributed by atoms with Gasteiger partial charge in [0, 0.05) is 37.6 Å². The molecule has 1 atom stereocenters. The van der Waals surface area contributed by atoms with Gasteiger partial charge in [-0.2, -0.15) is 0 Å². The Labute approximate surface area is 116 Å². The molecule has 0 aromatic carbocycles. The topological polar surface area (TPSA) is 42.1 Å². The largest absolute Gasteiger partial charge is 0.329 e. The summed E-state index contributed by atoms with van der Waals surface area (Å²) in [6.45, 7) is 5.19. The van der Waals surface area contributed by atoms with Crippen LogP contribution in [0.2, 0.25) is 0 Å². The molecule has 2 aliphatic rings. The van der Waals surface area contributed by atoms with E-state index in [4.69, 9.17) is 5.73 Å². The molecule has 104 valence electrons. The molecule has 0 amide bonds. The minimum absolute atomic E-state index is 0.356. The summed E-state index contributed by atoms with van der Waals surface area (Å²) in [6, 6.07) is 4.66. The van der Waals surface area contributed by atoms with E-state index in [0.29, 0.717) is 12.6 Å². The van der Waals surface area contributed by atoms with E-state index >= 15 is 0 Å². The Balaban J connectivity index is 1.73. The molecule has 1 aromatic rings. The van der Waals surface area contributed by atoms with Crippen LogP contribution >= 0.6 is 0 Å². The van der Waals surface area contributed by atoms with Crippen molar-refractivity contribution in [3.05, 3.63) is 29.6 Å². The Morgan fingerprint density at radius 2 is 1.84 bits per heavy atom. The first kappa shape index (κ1) is 13.1. The van der Waals surface area contributed by atoms with E-state index in [1.807, 2.05) is 13.1 Å². The van der Waals surface area contributed by atoms with Gasteiger partial charge in [-0.25, -0.2) is 0 Å². The molecule has 3 heteroatoms. The van der Waals surface area contributed by atoms with Crippen molar-refractivity contribution in [3.8, 4) is 0 Å². The number of aryl methyl sites for hydroxylation is 1. The summed E-state index contributed by atoms with van der Waals surface area (Å²) in [5.41, 5.74) is 8.43. The van der Waals surface area contributed by atoms with Gasteiger partial charge in [-0.05, 0) is 56.1 Å². The van der Waals surface area contributed by atoms with E-state index in [2.05, 4.69) is 22.0 Å². The van der Waals surface area contributed by atoms with Crippen LogP contribution in [-0.4, -0.2) is 29.5 Å². The molecule has 3 rings (SSSR count). The quantitative estimate of drug-likeness (QED) is 0.818. The highest BCUT2D eigenvalue weighted by Crippen LogP contribution is 2.36. The van der Waals surface area contributed by atoms with E-state index < -0.39 is 0 Å². The predicted octanol–water partition coefficient (Wildman–Crippen LogP) is 2.51. The van der Waals surface area contributed by atoms with E-state index in [0.717, 1.165) is 17.5 Å². The average Bonchev–Trinajstić information content (AvgIpc) is 3.28. The lowest BCUT2D eigenvalue weighted by Gasteiger charge is -2.31. The molecule has 1 heterocycles. The molecule has 0 aliphatic heterocycles. The van der Waals surface area contributed by atoms with Gasteiger partial charge in [0.05, 0.1) is 0 Å². The summed E-state index contributed by atoms with van der Waals surface area (Å²) in [7, 11) is 0. The van der Waals surface area contributed by atoms with Crippen LogP contribution in [0.1, 0.15) is 43.0 Å². The molecular weight excluding hydrogens is 234 g/mol. The standard InChI is InChI=1S/C16H25N3/c1-12-2-7-15(9-18-12)16(8-17)19(10-13-3-4-13)11-14-5-6-14/h2,7,9,13-14,16H,3-6,8,10-11,17H2,1H3. The third kappa shape index (κ3) is 3.54. The highest BCUT2D eigenvalue weighted by molar-refractivity contribution is 5.18. The third-order valence-electron chi connectivity index (χ3n) is 4.36. The Bertz CT molecular complexity index is 393. The van der Waals surface area contributed by atoms with Gasteiger partial charge < -0.3 is 5.73 Å². The summed E-state index contributed by atoms with van der Waals surface area (Å²) >= 11 is 0. The van der Waals surface area contributed by atoms with Gasteiger partial charge in [0.15, 0.2) is 0 Å². The van der Waals surface area contributed by atoms with Crippen LogP contribution in [0.3, 0.4) is 0 Å². The number of pyridine rings is 1. The van der Waals surface area contributed by atoms with Crippen LogP contribution in [-0.2, 0) is 0 Å². The molecule has 0 radical (unpaired) electrons. The van der Waals surface area contributed by atoms with Crippen LogP contribution < -0.4 is 5.73 Å². The van der Waals surface area contributed by atoms with Crippen LogP contribution in [0.4, 0.5) is 0 Å². The van der Waals surface area contributed by atoms with E-state index in [1.54, 1.807) is 0 Å². The lowest BCUT2D eigenvalue weighted by atomic mass is 10.1. The van der Waals surface area contributed by atoms with E-state index in [9.17, 15) is 0 Å². The SMILES string of the molecule is Cc1ccc(C(CN)N(CC2CC2)CC2CC2)cn1. The number of nitrogens with two attached hydrogens (primary N) is 1. The summed E-state index contributed by atoms with van der Waals surface area (Å²) in [6.07, 6.45) is 7.64. The van der Waals surface area contributed by atoms with E-state index in [-0.39, 0.29) is 0 Å². The molecule has 2 fully saturated rings. The van der Waals surface area contributed by atoms with Crippen LogP contribution in [0.25, 0.3) is 0 Å². The minimum Gasteiger partial charge on any atom is -0.329 e. The Morgan fingerprint density at radius 3 is 2.26 bits per heavy atom. The minimum atomic E-state index is 0.356. The smallest absolute Gasteiger partial charge is 0.0485 e. The molecule has 0 saturated heterocycles. The first-order valence-corrected chi connectivity index (χ1v) is 7.63. The summed E-state index contributed by atoms with van der Waals surface area (Å²) < 4.78 is 0. The fraction of sp³-hybridized carbons (Fsp3) is 0.688. The van der Waals surface area contributed by atoms with Crippen molar-refractivity contribution in [2.24, 2.45) is 17.6 Å². The van der Waals surface area contributed by atoms with Crippen molar-refractivity contribution < 1.29 is 0 Å². The summed E-state index contributed by atoms with van der Waals surface area (Å²) in [5.74, 6) is 1.84. The Kier molecular flexibility index (Phi) is 3.85. The molecule has 1 aromatic heterocycles. The molecule has 2 aliphatic carbocycles. The number of hydrogen-bond donors (Lipinski definition) is 1. The fourth-order valence-corrected chi connectivity index (χ4v) is 2.77. The molecule has 1 unspecified atom stereocenters. The van der Waals surface area contributed by atoms with Gasteiger partial charge in [0.25, 0.3) is 0 Å². The average molecular weight is 259 g/mol. The van der Waals surface area contributed by atoms with E-state index in [1.165, 1.54) is 44.3 Å². The maximum Gasteiger partial charge on any atom is 0.0485 e. The number of nitrogens with zero attached hydrogens (tertiary/aromatic N) is 2. The van der Waals surface area contributed by atoms with Crippen LogP contribution in [0.15, 0.2) is 18.3 Å². The highest BCUT2D eigenvalue weighted by atomic mass is 15.2. The van der Waals surface area contributed by atoms with Gasteiger partial charge in [-0.1, -0.05) is 6.07 Å².